The van der Waals surface area contributed by atoms with Gasteiger partial charge in [-0.3, -0.25) is 9.69 Å². The molecular weight excluding hydrogens is 475 g/mol. The van der Waals surface area contributed by atoms with Gasteiger partial charge in [0, 0.05) is 24.7 Å². The number of rotatable bonds is 8. The molecule has 3 aromatic rings. The van der Waals surface area contributed by atoms with Crippen LogP contribution in [-0.4, -0.2) is 70.3 Å². The number of carbonyl (C=O) groups excluding carboxylic acids is 2. The first kappa shape index (κ1) is 26.5. The summed E-state index contributed by atoms with van der Waals surface area (Å²) in [6.07, 6.45) is 3.26. The molecule has 2 aromatic heterocycles. The quantitative estimate of drug-likeness (QED) is 0.484. The molecule has 1 aliphatic carbocycles. The number of ether oxygens (including phenoxy) is 1. The fraction of sp³-hybridized carbons (Fsp3) is 0.481. The van der Waals surface area contributed by atoms with E-state index in [0.717, 1.165) is 12.8 Å². The molecule has 2 amide bonds. The average molecular weight is 511 g/mol. The number of carbonyl (C=O) groups is 2. The Bertz CT molecular complexity index is 1300. The smallest absolute Gasteiger partial charge is 0.416 e. The third-order valence-electron chi connectivity index (χ3n) is 5.90. The Morgan fingerprint density at radius 3 is 2.57 bits per heavy atom. The van der Waals surface area contributed by atoms with Crippen LogP contribution in [0.5, 0.6) is 0 Å². The predicted molar refractivity (Wildman–Crippen MR) is 140 cm³/mol. The van der Waals surface area contributed by atoms with Gasteiger partial charge in [-0.15, -0.1) is 5.10 Å². The minimum atomic E-state index is -0.640. The summed E-state index contributed by atoms with van der Waals surface area (Å²) in [6, 6.07) is 7.81. The standard InChI is InChI=1S/C27H35FN6O3/c1-17(15-32(5)6)30-25(35)20-10-9-19(13-21(20)28)22-14-29-23-11-12-24(31-34(22)23)33(16-18-7-8-18)26(36)37-27(2,3)4/h9-14,17-18H,7-8,15-16H2,1-6H3,(H,30,35). The third kappa shape index (κ3) is 6.62. The monoisotopic (exact) mass is 510 g/mol. The lowest BCUT2D eigenvalue weighted by atomic mass is 10.1. The first-order valence-corrected chi connectivity index (χ1v) is 12.5. The van der Waals surface area contributed by atoms with Gasteiger partial charge in [-0.2, -0.15) is 0 Å². The lowest BCUT2D eigenvalue weighted by molar-refractivity contribution is 0.0577. The van der Waals surface area contributed by atoms with E-state index < -0.39 is 23.4 Å². The number of imidazole rings is 1. The lowest BCUT2D eigenvalue weighted by Gasteiger charge is -2.26. The second-order valence-electron chi connectivity index (χ2n) is 11.0. The van der Waals surface area contributed by atoms with Crippen LogP contribution < -0.4 is 10.2 Å². The van der Waals surface area contributed by atoms with E-state index in [1.807, 2.05) is 46.7 Å². The van der Waals surface area contributed by atoms with Gasteiger partial charge in [-0.05, 0) is 84.8 Å². The number of likely N-dealkylation sites (N-methyl/N-ethyl adjacent to an activating group) is 1. The van der Waals surface area contributed by atoms with Crippen molar-refractivity contribution in [1.82, 2.24) is 24.8 Å². The van der Waals surface area contributed by atoms with Crippen molar-refractivity contribution in [3.05, 3.63) is 47.9 Å². The highest BCUT2D eigenvalue weighted by molar-refractivity contribution is 5.95. The van der Waals surface area contributed by atoms with Gasteiger partial charge >= 0.3 is 6.09 Å². The molecule has 0 spiro atoms. The van der Waals surface area contributed by atoms with Crippen molar-refractivity contribution in [2.24, 2.45) is 5.92 Å². The highest BCUT2D eigenvalue weighted by Crippen LogP contribution is 2.32. The Balaban J connectivity index is 1.62. The second-order valence-corrected chi connectivity index (χ2v) is 11.0. The molecule has 37 heavy (non-hydrogen) atoms. The first-order valence-electron chi connectivity index (χ1n) is 12.5. The van der Waals surface area contributed by atoms with Gasteiger partial charge in [-0.25, -0.2) is 18.7 Å². The number of hydrogen-bond donors (Lipinski definition) is 1. The van der Waals surface area contributed by atoms with Gasteiger partial charge in [0.15, 0.2) is 11.5 Å². The van der Waals surface area contributed by atoms with Crippen LogP contribution in [0.2, 0.25) is 0 Å². The van der Waals surface area contributed by atoms with Crippen molar-refractivity contribution in [3.8, 4) is 11.3 Å². The van der Waals surface area contributed by atoms with E-state index >= 15 is 4.39 Å². The fourth-order valence-electron chi connectivity index (χ4n) is 4.10. The van der Waals surface area contributed by atoms with Gasteiger partial charge < -0.3 is 15.0 Å². The molecule has 10 heteroatoms. The fourth-order valence-corrected chi connectivity index (χ4v) is 4.10. The van der Waals surface area contributed by atoms with Crippen LogP contribution in [0.25, 0.3) is 16.9 Å². The van der Waals surface area contributed by atoms with Crippen LogP contribution in [0, 0.1) is 11.7 Å². The summed E-state index contributed by atoms with van der Waals surface area (Å²) in [4.78, 5) is 33.5. The van der Waals surface area contributed by atoms with Gasteiger partial charge in [-0.1, -0.05) is 6.07 Å². The molecule has 0 radical (unpaired) electrons. The number of fused-ring (bicyclic) bond motifs is 1. The van der Waals surface area contributed by atoms with Crippen LogP contribution in [0.3, 0.4) is 0 Å². The first-order chi connectivity index (χ1) is 17.4. The Morgan fingerprint density at radius 2 is 1.95 bits per heavy atom. The summed E-state index contributed by atoms with van der Waals surface area (Å²) >= 11 is 0. The molecular formula is C27H35FN6O3. The molecule has 1 saturated carbocycles. The largest absolute Gasteiger partial charge is 0.443 e. The van der Waals surface area contributed by atoms with Gasteiger partial charge in [0.25, 0.3) is 5.91 Å². The van der Waals surface area contributed by atoms with E-state index in [0.29, 0.717) is 41.7 Å². The van der Waals surface area contributed by atoms with E-state index in [-0.39, 0.29) is 11.6 Å². The second kappa shape index (κ2) is 10.5. The highest BCUT2D eigenvalue weighted by atomic mass is 19.1. The Kier molecular flexibility index (Phi) is 7.49. The predicted octanol–water partition coefficient (Wildman–Crippen LogP) is 4.37. The molecule has 0 saturated heterocycles. The molecule has 1 atom stereocenters. The minimum Gasteiger partial charge on any atom is -0.443 e. The molecule has 9 nitrogen and oxygen atoms in total. The molecule has 4 rings (SSSR count). The Labute approximate surface area is 216 Å². The SMILES string of the molecule is CC(CN(C)C)NC(=O)c1ccc(-c2cnc3ccc(N(CC4CC4)C(=O)OC(C)(C)C)nn23)cc1F. The molecule has 2 heterocycles. The number of anilines is 1. The zero-order valence-electron chi connectivity index (χ0n) is 22.3. The van der Waals surface area contributed by atoms with Crippen LogP contribution in [-0.2, 0) is 4.74 Å². The van der Waals surface area contributed by atoms with E-state index in [9.17, 15) is 9.59 Å². The summed E-state index contributed by atoms with van der Waals surface area (Å²) in [6.45, 7) is 8.50. The maximum absolute atomic E-state index is 15.0. The molecule has 1 aliphatic rings. The summed E-state index contributed by atoms with van der Waals surface area (Å²) in [5, 5.41) is 7.49. The van der Waals surface area contributed by atoms with E-state index in [1.54, 1.807) is 33.8 Å². The van der Waals surface area contributed by atoms with E-state index in [2.05, 4.69) is 15.4 Å². The zero-order valence-corrected chi connectivity index (χ0v) is 22.3. The van der Waals surface area contributed by atoms with Crippen molar-refractivity contribution < 1.29 is 18.7 Å². The van der Waals surface area contributed by atoms with Crippen molar-refractivity contribution >= 4 is 23.5 Å². The summed E-state index contributed by atoms with van der Waals surface area (Å²) < 4.78 is 22.2. The lowest BCUT2D eigenvalue weighted by Crippen LogP contribution is -2.39. The summed E-state index contributed by atoms with van der Waals surface area (Å²) in [5.74, 6) is -0.257. The molecule has 198 valence electrons. The average Bonchev–Trinajstić information content (AvgIpc) is 3.51. The number of halogens is 1. The van der Waals surface area contributed by atoms with Crippen molar-refractivity contribution in [2.75, 3.05) is 32.1 Å². The molecule has 1 fully saturated rings. The third-order valence-corrected chi connectivity index (χ3v) is 5.90. The number of hydrogen-bond acceptors (Lipinski definition) is 6. The molecule has 1 aromatic carbocycles. The van der Waals surface area contributed by atoms with Gasteiger partial charge in [0.05, 0.1) is 17.5 Å². The Hall–Kier alpha value is -3.53. The number of amides is 2. The van der Waals surface area contributed by atoms with Crippen LogP contribution in [0.15, 0.2) is 36.5 Å². The van der Waals surface area contributed by atoms with Gasteiger partial charge in [0.2, 0.25) is 0 Å². The van der Waals surface area contributed by atoms with Crippen LogP contribution >= 0.6 is 0 Å². The number of nitrogens with zero attached hydrogens (tertiary/aromatic N) is 5. The van der Waals surface area contributed by atoms with Crippen molar-refractivity contribution in [1.29, 1.82) is 0 Å². The van der Waals surface area contributed by atoms with Gasteiger partial charge in [0.1, 0.15) is 11.4 Å². The maximum Gasteiger partial charge on any atom is 0.416 e. The topological polar surface area (TPSA) is 92.1 Å². The normalized spacial score (nSPS) is 14.6. The van der Waals surface area contributed by atoms with E-state index in [1.165, 1.54) is 12.1 Å². The molecule has 0 aliphatic heterocycles. The number of benzene rings is 1. The van der Waals surface area contributed by atoms with Crippen LogP contribution in [0.1, 0.15) is 50.9 Å². The molecule has 1 N–H and O–H groups in total. The maximum atomic E-state index is 15.0. The molecule has 0 bridgehead atoms. The summed E-state index contributed by atoms with van der Waals surface area (Å²) in [7, 11) is 3.82. The minimum absolute atomic E-state index is 0.0302. The summed E-state index contributed by atoms with van der Waals surface area (Å²) in [5.41, 5.74) is 0.933. The van der Waals surface area contributed by atoms with E-state index in [4.69, 9.17) is 4.74 Å². The molecule has 1 unspecified atom stereocenters. The van der Waals surface area contributed by atoms with Crippen molar-refractivity contribution in [2.45, 2.75) is 52.2 Å². The highest BCUT2D eigenvalue weighted by Gasteiger charge is 2.31. The Morgan fingerprint density at radius 1 is 1.22 bits per heavy atom. The number of nitrogens with one attached hydrogen (secondary N) is 1. The van der Waals surface area contributed by atoms with Crippen molar-refractivity contribution in [3.63, 3.8) is 0 Å². The zero-order chi connectivity index (χ0) is 26.9. The number of aromatic nitrogens is 3. The van der Waals surface area contributed by atoms with Crippen LogP contribution in [0.4, 0.5) is 15.0 Å².